The molecule has 1 aliphatic heterocycles. The third-order valence-corrected chi connectivity index (χ3v) is 5.54. The number of hydrogen-bond donors (Lipinski definition) is 2. The molecule has 0 spiro atoms. The van der Waals surface area contributed by atoms with Gasteiger partial charge in [0.1, 0.15) is 11.3 Å². The molecule has 1 aliphatic rings. The molecule has 0 aliphatic carbocycles. The maximum absolute atomic E-state index is 10.5. The lowest BCUT2D eigenvalue weighted by atomic mass is 9.95. The van der Waals surface area contributed by atoms with E-state index in [0.717, 1.165) is 42.8 Å². The number of aryl methyl sites for hydroxylation is 2. The van der Waals surface area contributed by atoms with Crippen molar-refractivity contribution in [3.8, 4) is 17.0 Å². The zero-order valence-electron chi connectivity index (χ0n) is 16.6. The maximum Gasteiger partial charge on any atom is 0.179 e. The van der Waals surface area contributed by atoms with Crippen LogP contribution in [0.4, 0.5) is 0 Å². The second kappa shape index (κ2) is 7.45. The van der Waals surface area contributed by atoms with Crippen LogP contribution in [0.2, 0.25) is 0 Å². The smallest absolute Gasteiger partial charge is 0.179 e. The van der Waals surface area contributed by atoms with Crippen molar-refractivity contribution in [1.82, 2.24) is 19.9 Å². The van der Waals surface area contributed by atoms with Gasteiger partial charge in [-0.05, 0) is 63.5 Å². The van der Waals surface area contributed by atoms with Crippen molar-refractivity contribution >= 4 is 11.2 Å². The van der Waals surface area contributed by atoms with Crippen LogP contribution in [-0.2, 0) is 6.61 Å². The molecular weight excluding hydrogens is 352 g/mol. The largest absolute Gasteiger partial charge is 0.507 e. The zero-order chi connectivity index (χ0) is 19.8. The number of aliphatic hydroxyl groups is 1. The predicted octanol–water partition coefficient (Wildman–Crippen LogP) is 3.32. The molecule has 0 radical (unpaired) electrons. The van der Waals surface area contributed by atoms with E-state index in [0.29, 0.717) is 33.9 Å². The van der Waals surface area contributed by atoms with Crippen molar-refractivity contribution in [2.45, 2.75) is 39.2 Å². The summed E-state index contributed by atoms with van der Waals surface area (Å²) in [6.07, 6.45) is 4.06. The normalized spacial score (nSPS) is 17.9. The molecule has 4 rings (SSSR count). The van der Waals surface area contributed by atoms with Gasteiger partial charge in [0, 0.05) is 29.8 Å². The van der Waals surface area contributed by atoms with E-state index in [1.54, 1.807) is 12.1 Å². The third-order valence-electron chi connectivity index (χ3n) is 5.54. The minimum atomic E-state index is -0.155. The summed E-state index contributed by atoms with van der Waals surface area (Å²) < 4.78 is 0. The van der Waals surface area contributed by atoms with E-state index < -0.39 is 0 Å². The first kappa shape index (κ1) is 18.8. The summed E-state index contributed by atoms with van der Waals surface area (Å²) in [7, 11) is 2.13. The van der Waals surface area contributed by atoms with Crippen molar-refractivity contribution in [1.29, 1.82) is 0 Å². The molecule has 28 heavy (non-hydrogen) atoms. The summed E-state index contributed by atoms with van der Waals surface area (Å²) in [6, 6.07) is 5.54. The van der Waals surface area contributed by atoms with Gasteiger partial charge in [-0.3, -0.25) is 4.98 Å². The molecule has 3 aromatic rings. The SMILES string of the molecule is Cc1cc(C)c(-c2cc(CO)c3ncc([C@@H]4CCCN(C)C4)nc3n2)c(O)c1. The van der Waals surface area contributed by atoms with Crippen LogP contribution in [0, 0.1) is 13.8 Å². The first-order valence-electron chi connectivity index (χ1n) is 9.73. The van der Waals surface area contributed by atoms with Crippen LogP contribution in [0.3, 0.4) is 0 Å². The molecule has 0 bridgehead atoms. The van der Waals surface area contributed by atoms with Crippen LogP contribution < -0.4 is 0 Å². The van der Waals surface area contributed by atoms with Gasteiger partial charge in [0.15, 0.2) is 5.65 Å². The van der Waals surface area contributed by atoms with E-state index in [9.17, 15) is 10.2 Å². The predicted molar refractivity (Wildman–Crippen MR) is 109 cm³/mol. The van der Waals surface area contributed by atoms with Crippen molar-refractivity contribution in [3.63, 3.8) is 0 Å². The molecule has 2 N–H and O–H groups in total. The van der Waals surface area contributed by atoms with Crippen LogP contribution in [0.15, 0.2) is 24.4 Å². The number of piperidine rings is 1. The average molecular weight is 378 g/mol. The summed E-state index contributed by atoms with van der Waals surface area (Å²) in [5, 5.41) is 20.4. The Kier molecular flexibility index (Phi) is 5.00. The van der Waals surface area contributed by atoms with Gasteiger partial charge in [-0.25, -0.2) is 9.97 Å². The highest BCUT2D eigenvalue weighted by molar-refractivity contribution is 5.81. The van der Waals surface area contributed by atoms with Crippen LogP contribution in [-0.4, -0.2) is 50.2 Å². The molecule has 3 heterocycles. The van der Waals surface area contributed by atoms with E-state index in [-0.39, 0.29) is 12.4 Å². The number of phenolic OH excluding ortho intramolecular Hbond substituents is 1. The van der Waals surface area contributed by atoms with Crippen molar-refractivity contribution in [3.05, 3.63) is 46.8 Å². The number of phenols is 1. The fourth-order valence-corrected chi connectivity index (χ4v) is 4.21. The van der Waals surface area contributed by atoms with Gasteiger partial charge >= 0.3 is 0 Å². The Morgan fingerprint density at radius 1 is 1.18 bits per heavy atom. The standard InChI is InChI=1S/C22H26N4O2/c1-13-7-14(2)20(19(28)8-13)17-9-16(12-27)21-22(24-17)25-18(10-23-21)15-5-4-6-26(3)11-15/h7-10,15,27-28H,4-6,11-12H2,1-3H3/t15-/m1/s1. The van der Waals surface area contributed by atoms with Crippen LogP contribution in [0.1, 0.15) is 41.1 Å². The van der Waals surface area contributed by atoms with Gasteiger partial charge in [-0.15, -0.1) is 0 Å². The second-order valence-corrected chi connectivity index (χ2v) is 7.87. The number of fused-ring (bicyclic) bond motifs is 1. The van der Waals surface area contributed by atoms with Gasteiger partial charge < -0.3 is 15.1 Å². The average Bonchev–Trinajstić information content (AvgIpc) is 2.66. The van der Waals surface area contributed by atoms with Crippen molar-refractivity contribution in [2.75, 3.05) is 20.1 Å². The number of hydrogen-bond acceptors (Lipinski definition) is 6. The minimum absolute atomic E-state index is 0.155. The quantitative estimate of drug-likeness (QED) is 0.728. The monoisotopic (exact) mass is 378 g/mol. The van der Waals surface area contributed by atoms with Gasteiger partial charge in [0.2, 0.25) is 0 Å². The van der Waals surface area contributed by atoms with Crippen LogP contribution >= 0.6 is 0 Å². The van der Waals surface area contributed by atoms with E-state index in [4.69, 9.17) is 9.97 Å². The van der Waals surface area contributed by atoms with E-state index in [1.165, 1.54) is 0 Å². The summed E-state index contributed by atoms with van der Waals surface area (Å²) in [4.78, 5) is 16.4. The lowest BCUT2D eigenvalue weighted by molar-refractivity contribution is 0.248. The number of rotatable bonds is 3. The Morgan fingerprint density at radius 2 is 2.00 bits per heavy atom. The number of aliphatic hydroxyl groups excluding tert-OH is 1. The van der Waals surface area contributed by atoms with E-state index >= 15 is 0 Å². The first-order valence-corrected chi connectivity index (χ1v) is 9.73. The molecule has 0 unspecified atom stereocenters. The molecule has 1 saturated heterocycles. The molecule has 6 heteroatoms. The molecule has 6 nitrogen and oxygen atoms in total. The number of likely N-dealkylation sites (tertiary alicyclic amines) is 1. The highest BCUT2D eigenvalue weighted by atomic mass is 16.3. The Labute approximate surface area is 164 Å². The number of benzene rings is 1. The molecule has 1 fully saturated rings. The molecule has 1 aromatic carbocycles. The fourth-order valence-electron chi connectivity index (χ4n) is 4.21. The zero-order valence-corrected chi connectivity index (χ0v) is 16.6. The summed E-state index contributed by atoms with van der Waals surface area (Å²) in [6.45, 7) is 5.82. The Hall–Kier alpha value is -2.57. The minimum Gasteiger partial charge on any atom is -0.507 e. The lowest BCUT2D eigenvalue weighted by Gasteiger charge is -2.29. The lowest BCUT2D eigenvalue weighted by Crippen LogP contribution is -2.31. The van der Waals surface area contributed by atoms with E-state index in [2.05, 4.69) is 16.9 Å². The first-order chi connectivity index (χ1) is 13.5. The molecule has 146 valence electrons. The highest BCUT2D eigenvalue weighted by Gasteiger charge is 2.22. The number of aromatic nitrogens is 3. The molecule has 1 atom stereocenters. The van der Waals surface area contributed by atoms with Gasteiger partial charge in [0.25, 0.3) is 0 Å². The molecular formula is C22H26N4O2. The fraction of sp³-hybridized carbons (Fsp3) is 0.409. The topological polar surface area (TPSA) is 82.4 Å². The molecule has 0 amide bonds. The second-order valence-electron chi connectivity index (χ2n) is 7.87. The van der Waals surface area contributed by atoms with Crippen LogP contribution in [0.5, 0.6) is 5.75 Å². The number of nitrogens with zero attached hydrogens (tertiary/aromatic N) is 4. The number of pyridine rings is 1. The Balaban J connectivity index is 1.85. The van der Waals surface area contributed by atoms with Crippen molar-refractivity contribution in [2.24, 2.45) is 0 Å². The summed E-state index contributed by atoms with van der Waals surface area (Å²) in [5.41, 5.74) is 5.95. The van der Waals surface area contributed by atoms with Gasteiger partial charge in [-0.1, -0.05) is 6.07 Å². The highest BCUT2D eigenvalue weighted by Crippen LogP contribution is 2.34. The van der Waals surface area contributed by atoms with Crippen molar-refractivity contribution < 1.29 is 10.2 Å². The van der Waals surface area contributed by atoms with Gasteiger partial charge in [-0.2, -0.15) is 0 Å². The molecule has 0 saturated carbocycles. The third kappa shape index (κ3) is 3.45. The maximum atomic E-state index is 10.5. The van der Waals surface area contributed by atoms with E-state index in [1.807, 2.05) is 26.1 Å². The Morgan fingerprint density at radius 3 is 2.71 bits per heavy atom. The van der Waals surface area contributed by atoms with Crippen LogP contribution in [0.25, 0.3) is 22.4 Å². The Bertz CT molecular complexity index is 1010. The summed E-state index contributed by atoms with van der Waals surface area (Å²) in [5.74, 6) is 0.527. The molecule has 2 aromatic heterocycles. The summed E-state index contributed by atoms with van der Waals surface area (Å²) >= 11 is 0. The van der Waals surface area contributed by atoms with Gasteiger partial charge in [0.05, 0.1) is 18.0 Å². The number of likely N-dealkylation sites (N-methyl/N-ethyl adjacent to an activating group) is 1. The number of aromatic hydroxyl groups is 1.